The Kier molecular flexibility index (Phi) is 2.42. The van der Waals surface area contributed by atoms with E-state index in [-0.39, 0.29) is 0 Å². The lowest BCUT2D eigenvalue weighted by molar-refractivity contribution is 0.555. The number of oxazole rings is 1. The minimum atomic E-state index is -0.459. The lowest BCUT2D eigenvalue weighted by Gasteiger charge is -2.02. The molecule has 0 saturated carbocycles. The Morgan fingerprint density at radius 2 is 2.40 bits per heavy atom. The van der Waals surface area contributed by atoms with Gasteiger partial charge < -0.3 is 9.73 Å². The second kappa shape index (κ2) is 3.88. The monoisotopic (exact) mass is 203 g/mol. The third kappa shape index (κ3) is 1.99. The molecular formula is C10H9N3O2. The smallest absolute Gasteiger partial charge is 0.408 e. The molecule has 15 heavy (non-hydrogen) atoms. The quantitative estimate of drug-likeness (QED) is 0.739. The summed E-state index contributed by atoms with van der Waals surface area (Å²) in [6.45, 7) is 0.587. The van der Waals surface area contributed by atoms with Crippen LogP contribution in [0, 0.1) is 11.3 Å². The van der Waals surface area contributed by atoms with Gasteiger partial charge >= 0.3 is 5.76 Å². The highest BCUT2D eigenvalue weighted by Crippen LogP contribution is 2.15. The number of nitrogens with one attached hydrogen (secondary N) is 2. The summed E-state index contributed by atoms with van der Waals surface area (Å²) in [5.74, 6) is -0.459. The molecule has 0 radical (unpaired) electrons. The number of H-pyrrole nitrogens is 1. The molecule has 0 aliphatic heterocycles. The molecule has 1 aromatic carbocycles. The molecule has 0 spiro atoms. The van der Waals surface area contributed by atoms with Crippen molar-refractivity contribution in [3.05, 3.63) is 28.7 Å². The number of rotatable bonds is 3. The van der Waals surface area contributed by atoms with E-state index in [4.69, 9.17) is 9.68 Å². The van der Waals surface area contributed by atoms with Crippen LogP contribution >= 0.6 is 0 Å². The minimum Gasteiger partial charge on any atom is -0.408 e. The zero-order valence-corrected chi connectivity index (χ0v) is 7.91. The molecule has 5 nitrogen and oxygen atoms in total. The van der Waals surface area contributed by atoms with Crippen molar-refractivity contribution in [2.45, 2.75) is 6.42 Å². The van der Waals surface area contributed by atoms with E-state index in [1.807, 2.05) is 6.07 Å². The average Bonchev–Trinajstić information content (AvgIpc) is 2.57. The van der Waals surface area contributed by atoms with Crippen molar-refractivity contribution in [2.24, 2.45) is 0 Å². The number of fused-ring (bicyclic) bond motifs is 1. The SMILES string of the molecule is N#CCCNc1ccc2oc(=O)[nH]c2c1. The van der Waals surface area contributed by atoms with Crippen LogP contribution in [0.1, 0.15) is 6.42 Å². The number of benzene rings is 1. The van der Waals surface area contributed by atoms with Gasteiger partial charge in [-0.3, -0.25) is 4.98 Å². The average molecular weight is 203 g/mol. The highest BCUT2D eigenvalue weighted by molar-refractivity contribution is 5.76. The minimum absolute atomic E-state index is 0.444. The Bertz CT molecular complexity index is 562. The van der Waals surface area contributed by atoms with E-state index in [9.17, 15) is 4.79 Å². The van der Waals surface area contributed by atoms with Gasteiger partial charge in [-0.25, -0.2) is 4.79 Å². The Balaban J connectivity index is 2.23. The summed E-state index contributed by atoms with van der Waals surface area (Å²) in [6, 6.07) is 7.33. The molecule has 0 bridgehead atoms. The highest BCUT2D eigenvalue weighted by atomic mass is 16.4. The van der Waals surface area contributed by atoms with Crippen LogP contribution in [0.3, 0.4) is 0 Å². The second-order valence-electron chi connectivity index (χ2n) is 3.06. The zero-order valence-electron chi connectivity index (χ0n) is 7.91. The number of hydrogen-bond donors (Lipinski definition) is 2. The van der Waals surface area contributed by atoms with Crippen LogP contribution in [0.25, 0.3) is 11.1 Å². The fourth-order valence-electron chi connectivity index (χ4n) is 1.32. The van der Waals surface area contributed by atoms with Crippen molar-refractivity contribution in [1.82, 2.24) is 4.98 Å². The summed E-state index contributed by atoms with van der Waals surface area (Å²) in [5, 5.41) is 11.4. The van der Waals surface area contributed by atoms with Crippen LogP contribution in [0.15, 0.2) is 27.4 Å². The van der Waals surface area contributed by atoms with E-state index in [0.717, 1.165) is 5.69 Å². The van der Waals surface area contributed by atoms with Crippen LogP contribution in [0.2, 0.25) is 0 Å². The van der Waals surface area contributed by atoms with Crippen molar-refractivity contribution < 1.29 is 4.42 Å². The van der Waals surface area contributed by atoms with Crippen LogP contribution in [0.4, 0.5) is 5.69 Å². The van der Waals surface area contributed by atoms with Crippen LogP contribution < -0.4 is 11.1 Å². The molecule has 1 aromatic heterocycles. The van der Waals surface area contributed by atoms with Gasteiger partial charge in [-0.05, 0) is 18.2 Å². The Hall–Kier alpha value is -2.22. The van der Waals surface area contributed by atoms with Gasteiger partial charge in [0.05, 0.1) is 18.0 Å². The van der Waals surface area contributed by atoms with E-state index < -0.39 is 5.76 Å². The number of nitrogens with zero attached hydrogens (tertiary/aromatic N) is 1. The molecule has 0 atom stereocenters. The maximum atomic E-state index is 10.9. The molecule has 0 unspecified atom stereocenters. The second-order valence-corrected chi connectivity index (χ2v) is 3.06. The number of aromatic nitrogens is 1. The third-order valence-electron chi connectivity index (χ3n) is 1.98. The summed E-state index contributed by atoms with van der Waals surface area (Å²) >= 11 is 0. The van der Waals surface area contributed by atoms with Crippen molar-refractivity contribution in [2.75, 3.05) is 11.9 Å². The van der Waals surface area contributed by atoms with Gasteiger partial charge in [0.25, 0.3) is 0 Å². The van der Waals surface area contributed by atoms with Crippen molar-refractivity contribution in [3.8, 4) is 6.07 Å². The number of aromatic amines is 1. The molecule has 1 heterocycles. The largest absolute Gasteiger partial charge is 0.417 e. The highest BCUT2D eigenvalue weighted by Gasteiger charge is 2.00. The molecule has 0 aliphatic rings. The molecule has 0 fully saturated rings. The zero-order chi connectivity index (χ0) is 10.7. The summed E-state index contributed by atoms with van der Waals surface area (Å²) in [6.07, 6.45) is 0.444. The normalized spacial score (nSPS) is 10.1. The Morgan fingerprint density at radius 3 is 3.20 bits per heavy atom. The lowest BCUT2D eigenvalue weighted by Crippen LogP contribution is -1.99. The molecule has 2 aromatic rings. The molecule has 76 valence electrons. The van der Waals surface area contributed by atoms with Crippen LogP contribution in [-0.2, 0) is 0 Å². The van der Waals surface area contributed by atoms with E-state index in [1.165, 1.54) is 0 Å². The maximum absolute atomic E-state index is 10.9. The maximum Gasteiger partial charge on any atom is 0.417 e. The van der Waals surface area contributed by atoms with Crippen molar-refractivity contribution in [3.63, 3.8) is 0 Å². The molecule has 0 aliphatic carbocycles. The predicted octanol–water partition coefficient (Wildman–Crippen LogP) is 1.45. The van der Waals surface area contributed by atoms with Gasteiger partial charge in [0.15, 0.2) is 5.58 Å². The van der Waals surface area contributed by atoms with Crippen molar-refractivity contribution >= 4 is 16.8 Å². The van der Waals surface area contributed by atoms with Gasteiger partial charge in [0.1, 0.15) is 0 Å². The van der Waals surface area contributed by atoms with Gasteiger partial charge in [0.2, 0.25) is 0 Å². The molecule has 0 saturated heterocycles. The Morgan fingerprint density at radius 1 is 1.53 bits per heavy atom. The standard InChI is InChI=1S/C10H9N3O2/c11-4-1-5-12-7-2-3-9-8(6-7)13-10(14)15-9/h2-3,6,12H,1,5H2,(H,13,14). The molecular weight excluding hydrogens is 194 g/mol. The van der Waals surface area contributed by atoms with Gasteiger partial charge in [-0.1, -0.05) is 0 Å². The van der Waals surface area contributed by atoms with E-state index in [0.29, 0.717) is 24.1 Å². The third-order valence-corrected chi connectivity index (χ3v) is 1.98. The van der Waals surface area contributed by atoms with Crippen LogP contribution in [-0.4, -0.2) is 11.5 Å². The molecule has 5 heteroatoms. The molecule has 0 amide bonds. The summed E-state index contributed by atoms with van der Waals surface area (Å²) in [7, 11) is 0. The molecule has 2 N–H and O–H groups in total. The number of hydrogen-bond acceptors (Lipinski definition) is 4. The topological polar surface area (TPSA) is 81.8 Å². The molecule has 2 rings (SSSR count). The fraction of sp³-hybridized carbons (Fsp3) is 0.200. The van der Waals surface area contributed by atoms with Gasteiger partial charge in [-0.2, -0.15) is 5.26 Å². The summed E-state index contributed by atoms with van der Waals surface area (Å²) in [4.78, 5) is 13.4. The number of anilines is 1. The van der Waals surface area contributed by atoms with Crippen LogP contribution in [0.5, 0.6) is 0 Å². The Labute approximate surface area is 85.3 Å². The first kappa shape index (κ1) is 9.34. The lowest BCUT2D eigenvalue weighted by atomic mass is 10.3. The van der Waals surface area contributed by atoms with Gasteiger partial charge in [0, 0.05) is 12.2 Å². The summed E-state index contributed by atoms with van der Waals surface area (Å²) < 4.78 is 4.86. The van der Waals surface area contributed by atoms with Crippen molar-refractivity contribution in [1.29, 1.82) is 5.26 Å². The summed E-state index contributed by atoms with van der Waals surface area (Å²) in [5.41, 5.74) is 2.04. The fourth-order valence-corrected chi connectivity index (χ4v) is 1.32. The predicted molar refractivity (Wildman–Crippen MR) is 55.6 cm³/mol. The van der Waals surface area contributed by atoms with E-state index >= 15 is 0 Å². The first-order valence-electron chi connectivity index (χ1n) is 4.53. The number of nitriles is 1. The van der Waals surface area contributed by atoms with Gasteiger partial charge in [-0.15, -0.1) is 0 Å². The first-order chi connectivity index (χ1) is 7.29. The van der Waals surface area contributed by atoms with E-state index in [1.54, 1.807) is 18.2 Å². The first-order valence-corrected chi connectivity index (χ1v) is 4.53. The van der Waals surface area contributed by atoms with E-state index in [2.05, 4.69) is 10.3 Å².